The molecule has 0 bridgehead atoms. The van der Waals surface area contributed by atoms with Crippen molar-refractivity contribution in [1.82, 2.24) is 10.3 Å². The van der Waals surface area contributed by atoms with Crippen LogP contribution in [0.25, 0.3) is 0 Å². The molecule has 0 radical (unpaired) electrons. The molecule has 0 aliphatic heterocycles. The van der Waals surface area contributed by atoms with Crippen molar-refractivity contribution >= 4 is 28.6 Å². The van der Waals surface area contributed by atoms with Crippen LogP contribution in [0.5, 0.6) is 0 Å². The number of rotatable bonds is 4. The van der Waals surface area contributed by atoms with Gasteiger partial charge in [0.2, 0.25) is 0 Å². The second-order valence-corrected chi connectivity index (χ2v) is 4.14. The number of likely N-dealkylation sites (N-methyl/N-ethyl adjacent to an activating group) is 1. The number of carbonyl (C=O) groups is 1. The minimum Gasteiger partial charge on any atom is -0.480 e. The van der Waals surface area contributed by atoms with E-state index in [1.807, 2.05) is 6.07 Å². The zero-order valence-corrected chi connectivity index (χ0v) is 9.85. The number of pyridine rings is 1. The van der Waals surface area contributed by atoms with Crippen LogP contribution in [-0.2, 0) is 11.2 Å². The molecule has 2 N–H and O–H groups in total. The van der Waals surface area contributed by atoms with E-state index in [0.717, 1.165) is 9.13 Å². The summed E-state index contributed by atoms with van der Waals surface area (Å²) < 4.78 is 1.01. The summed E-state index contributed by atoms with van der Waals surface area (Å²) in [5.74, 6) is -0.841. The Morgan fingerprint density at radius 1 is 1.71 bits per heavy atom. The van der Waals surface area contributed by atoms with Gasteiger partial charge in [0.15, 0.2) is 0 Å². The smallest absolute Gasteiger partial charge is 0.321 e. The molecule has 0 aliphatic rings. The maximum atomic E-state index is 10.7. The van der Waals surface area contributed by atoms with E-state index < -0.39 is 12.0 Å². The fraction of sp³-hybridized carbons (Fsp3) is 0.333. The molecule has 0 saturated heterocycles. The zero-order valence-electron chi connectivity index (χ0n) is 7.70. The van der Waals surface area contributed by atoms with Crippen molar-refractivity contribution in [1.29, 1.82) is 0 Å². The van der Waals surface area contributed by atoms with E-state index in [2.05, 4.69) is 32.9 Å². The summed E-state index contributed by atoms with van der Waals surface area (Å²) in [7, 11) is 1.64. The van der Waals surface area contributed by atoms with Gasteiger partial charge < -0.3 is 10.4 Å². The van der Waals surface area contributed by atoms with Crippen LogP contribution in [0.15, 0.2) is 18.5 Å². The highest BCUT2D eigenvalue weighted by molar-refractivity contribution is 14.1. The minimum absolute atomic E-state index is 0.454. The molecule has 0 aromatic carbocycles. The molecule has 4 nitrogen and oxygen atoms in total. The summed E-state index contributed by atoms with van der Waals surface area (Å²) in [6, 6.07) is 1.39. The molecule has 0 saturated carbocycles. The Morgan fingerprint density at radius 2 is 2.43 bits per heavy atom. The molecule has 5 heteroatoms. The monoisotopic (exact) mass is 306 g/mol. The molecule has 0 spiro atoms. The van der Waals surface area contributed by atoms with Crippen molar-refractivity contribution in [2.24, 2.45) is 0 Å². The highest BCUT2D eigenvalue weighted by Gasteiger charge is 2.15. The number of hydrogen-bond donors (Lipinski definition) is 2. The lowest BCUT2D eigenvalue weighted by molar-refractivity contribution is -0.139. The van der Waals surface area contributed by atoms with Crippen molar-refractivity contribution in [2.75, 3.05) is 7.05 Å². The van der Waals surface area contributed by atoms with Crippen molar-refractivity contribution in [3.63, 3.8) is 0 Å². The third-order valence-corrected chi connectivity index (χ3v) is 2.44. The Labute approximate surface area is 95.9 Å². The number of halogens is 1. The molecule has 0 fully saturated rings. The molecule has 1 unspecified atom stereocenters. The van der Waals surface area contributed by atoms with E-state index >= 15 is 0 Å². The first-order valence-electron chi connectivity index (χ1n) is 4.13. The number of aliphatic carboxylic acids is 1. The average molecular weight is 306 g/mol. The molecule has 14 heavy (non-hydrogen) atoms. The third-order valence-electron chi connectivity index (χ3n) is 1.85. The number of nitrogens with zero attached hydrogens (tertiary/aromatic N) is 1. The van der Waals surface area contributed by atoms with Gasteiger partial charge in [-0.1, -0.05) is 0 Å². The lowest BCUT2D eigenvalue weighted by atomic mass is 10.1. The highest BCUT2D eigenvalue weighted by Crippen LogP contribution is 2.07. The number of aromatic nitrogens is 1. The molecule has 1 aromatic heterocycles. The molecule has 1 atom stereocenters. The standard InChI is InChI=1S/C9H11IN2O2/c1-11-8(9(13)14)3-6-2-7(10)5-12-4-6/h2,4-5,8,11H,3H2,1H3,(H,13,14). The summed E-state index contributed by atoms with van der Waals surface area (Å²) >= 11 is 2.15. The van der Waals surface area contributed by atoms with Crippen LogP contribution in [0.2, 0.25) is 0 Å². The van der Waals surface area contributed by atoms with E-state index in [1.165, 1.54) is 0 Å². The van der Waals surface area contributed by atoms with Crippen molar-refractivity contribution < 1.29 is 9.90 Å². The molecular formula is C9H11IN2O2. The number of carboxylic acid groups (broad SMARTS) is 1. The predicted molar refractivity (Wildman–Crippen MR) is 61.1 cm³/mol. The first-order valence-corrected chi connectivity index (χ1v) is 5.21. The molecule has 1 heterocycles. The molecule has 0 aliphatic carbocycles. The fourth-order valence-electron chi connectivity index (χ4n) is 1.12. The van der Waals surface area contributed by atoms with Crippen LogP contribution in [0.4, 0.5) is 0 Å². The minimum atomic E-state index is -0.841. The van der Waals surface area contributed by atoms with Gasteiger partial charge in [-0.25, -0.2) is 0 Å². The quantitative estimate of drug-likeness (QED) is 0.812. The van der Waals surface area contributed by atoms with Gasteiger partial charge in [0.1, 0.15) is 6.04 Å². The molecule has 1 aromatic rings. The largest absolute Gasteiger partial charge is 0.480 e. The number of carboxylic acids is 1. The van der Waals surface area contributed by atoms with Crippen LogP contribution in [0.1, 0.15) is 5.56 Å². The average Bonchev–Trinajstić information content (AvgIpc) is 2.14. The second-order valence-electron chi connectivity index (χ2n) is 2.90. The van der Waals surface area contributed by atoms with Gasteiger partial charge in [0.05, 0.1) is 0 Å². The normalized spacial score (nSPS) is 12.4. The van der Waals surface area contributed by atoms with Crippen LogP contribution in [-0.4, -0.2) is 29.1 Å². The van der Waals surface area contributed by atoms with Gasteiger partial charge in [-0.2, -0.15) is 0 Å². The third kappa shape index (κ3) is 3.22. The summed E-state index contributed by atoms with van der Waals surface area (Å²) in [4.78, 5) is 14.7. The van der Waals surface area contributed by atoms with Crippen molar-refractivity contribution in [3.05, 3.63) is 27.6 Å². The fourth-order valence-corrected chi connectivity index (χ4v) is 1.68. The summed E-state index contributed by atoms with van der Waals surface area (Å²) in [6.45, 7) is 0. The summed E-state index contributed by atoms with van der Waals surface area (Å²) in [5, 5.41) is 11.6. The van der Waals surface area contributed by atoms with Gasteiger partial charge >= 0.3 is 5.97 Å². The van der Waals surface area contributed by atoms with Crippen molar-refractivity contribution in [3.8, 4) is 0 Å². The van der Waals surface area contributed by atoms with Gasteiger partial charge in [-0.3, -0.25) is 9.78 Å². The first-order chi connectivity index (χ1) is 6.63. The molecule has 1 rings (SSSR count). The van der Waals surface area contributed by atoms with E-state index in [0.29, 0.717) is 6.42 Å². The summed E-state index contributed by atoms with van der Waals surface area (Å²) in [6.07, 6.45) is 3.88. The maximum Gasteiger partial charge on any atom is 0.321 e. The predicted octanol–water partition coefficient (Wildman–Crippen LogP) is 0.901. The first kappa shape index (κ1) is 11.4. The van der Waals surface area contributed by atoms with Crippen LogP contribution in [0.3, 0.4) is 0 Å². The lowest BCUT2D eigenvalue weighted by Crippen LogP contribution is -2.35. The Balaban J connectivity index is 2.72. The van der Waals surface area contributed by atoms with Gasteiger partial charge in [0.25, 0.3) is 0 Å². The summed E-state index contributed by atoms with van der Waals surface area (Å²) in [5.41, 5.74) is 0.929. The Hall–Kier alpha value is -0.690. The van der Waals surface area contributed by atoms with Gasteiger partial charge in [-0.05, 0) is 47.7 Å². The maximum absolute atomic E-state index is 10.7. The Morgan fingerprint density at radius 3 is 2.93 bits per heavy atom. The van der Waals surface area contributed by atoms with E-state index in [4.69, 9.17) is 5.11 Å². The molecular weight excluding hydrogens is 295 g/mol. The van der Waals surface area contributed by atoms with Crippen LogP contribution >= 0.6 is 22.6 Å². The van der Waals surface area contributed by atoms with Gasteiger partial charge in [-0.15, -0.1) is 0 Å². The second kappa shape index (κ2) is 5.26. The Kier molecular flexibility index (Phi) is 4.27. The van der Waals surface area contributed by atoms with E-state index in [9.17, 15) is 4.79 Å². The lowest BCUT2D eigenvalue weighted by Gasteiger charge is -2.10. The Bertz CT molecular complexity index is 330. The van der Waals surface area contributed by atoms with E-state index in [1.54, 1.807) is 19.4 Å². The zero-order chi connectivity index (χ0) is 10.6. The van der Waals surface area contributed by atoms with Crippen LogP contribution < -0.4 is 5.32 Å². The SMILES string of the molecule is CNC(Cc1cncc(I)c1)C(=O)O. The molecule has 76 valence electrons. The molecule has 0 amide bonds. The number of nitrogens with one attached hydrogen (secondary N) is 1. The topological polar surface area (TPSA) is 62.2 Å². The van der Waals surface area contributed by atoms with Gasteiger partial charge in [0, 0.05) is 16.0 Å². The van der Waals surface area contributed by atoms with Crippen molar-refractivity contribution in [2.45, 2.75) is 12.5 Å². The van der Waals surface area contributed by atoms with E-state index in [-0.39, 0.29) is 0 Å². The highest BCUT2D eigenvalue weighted by atomic mass is 127. The number of hydrogen-bond acceptors (Lipinski definition) is 3. The van der Waals surface area contributed by atoms with Crippen LogP contribution in [0, 0.1) is 3.57 Å².